The molecule has 0 aliphatic heterocycles. The van der Waals surface area contributed by atoms with E-state index in [0.717, 1.165) is 42.7 Å². The van der Waals surface area contributed by atoms with Crippen molar-refractivity contribution >= 4 is 23.2 Å². The molecule has 0 bridgehead atoms. The molecule has 0 unspecified atom stereocenters. The van der Waals surface area contributed by atoms with Gasteiger partial charge in [0, 0.05) is 24.9 Å². The second-order valence-corrected chi connectivity index (χ2v) is 6.56. The summed E-state index contributed by atoms with van der Waals surface area (Å²) >= 11 is 0. The first-order valence-electron chi connectivity index (χ1n) is 9.60. The summed E-state index contributed by atoms with van der Waals surface area (Å²) < 4.78 is 7.19. The summed E-state index contributed by atoms with van der Waals surface area (Å²) in [7, 11) is 0. The number of aromatic nitrogens is 1. The Morgan fingerprint density at radius 3 is 2.82 bits per heavy atom. The number of aromatic carboxylic acids is 1. The summed E-state index contributed by atoms with van der Waals surface area (Å²) in [5.74, 6) is -0.954. The largest absolute Gasteiger partial charge is 0.476 e. The highest BCUT2D eigenvalue weighted by Gasteiger charge is 2.14. The maximum absolute atomic E-state index is 11.8. The fourth-order valence-corrected chi connectivity index (χ4v) is 3.13. The lowest BCUT2D eigenvalue weighted by molar-refractivity contribution is 0.0690. The van der Waals surface area contributed by atoms with E-state index in [0.29, 0.717) is 12.2 Å². The van der Waals surface area contributed by atoms with Crippen LogP contribution in [-0.2, 0) is 11.3 Å². The number of hydrogen-bond acceptors (Lipinski definition) is 3. The summed E-state index contributed by atoms with van der Waals surface area (Å²) in [6.07, 6.45) is 7.88. The smallest absolute Gasteiger partial charge is 0.355 e. The van der Waals surface area contributed by atoms with Crippen LogP contribution in [-0.4, -0.2) is 28.7 Å². The average molecular weight is 378 g/mol. The van der Waals surface area contributed by atoms with E-state index in [4.69, 9.17) is 4.74 Å². The van der Waals surface area contributed by atoms with Crippen molar-refractivity contribution in [1.82, 2.24) is 4.40 Å². The molecule has 0 atom stereocenters. The second-order valence-electron chi connectivity index (χ2n) is 6.56. The van der Waals surface area contributed by atoms with Crippen LogP contribution in [0.5, 0.6) is 0 Å². The van der Waals surface area contributed by atoms with E-state index >= 15 is 0 Å². The van der Waals surface area contributed by atoms with E-state index in [9.17, 15) is 9.90 Å². The van der Waals surface area contributed by atoms with Gasteiger partial charge in [-0.1, -0.05) is 43.3 Å². The Bertz CT molecular complexity index is 959. The Morgan fingerprint density at radius 1 is 1.14 bits per heavy atom. The molecule has 2 heterocycles. The number of carboxylic acids is 1. The summed E-state index contributed by atoms with van der Waals surface area (Å²) in [5, 5.41) is 12.9. The van der Waals surface area contributed by atoms with Crippen molar-refractivity contribution in [2.45, 2.75) is 26.3 Å². The third-order valence-corrected chi connectivity index (χ3v) is 4.50. The van der Waals surface area contributed by atoms with Gasteiger partial charge in [0.05, 0.1) is 12.3 Å². The number of hydrogen-bond donors (Lipinski definition) is 2. The monoisotopic (exact) mass is 378 g/mol. The molecule has 3 aromatic rings. The van der Waals surface area contributed by atoms with Gasteiger partial charge in [0.15, 0.2) is 5.69 Å². The van der Waals surface area contributed by atoms with Gasteiger partial charge in [0.1, 0.15) is 0 Å². The van der Waals surface area contributed by atoms with Gasteiger partial charge >= 0.3 is 5.97 Å². The first-order chi connectivity index (χ1) is 13.7. The minimum Gasteiger partial charge on any atom is -0.476 e. The molecule has 0 saturated carbocycles. The Labute approximate surface area is 165 Å². The van der Waals surface area contributed by atoms with Crippen molar-refractivity contribution in [1.29, 1.82) is 0 Å². The zero-order valence-electron chi connectivity index (χ0n) is 16.1. The van der Waals surface area contributed by atoms with Crippen LogP contribution in [0.3, 0.4) is 0 Å². The molecule has 2 N–H and O–H groups in total. The zero-order chi connectivity index (χ0) is 19.8. The van der Waals surface area contributed by atoms with Crippen LogP contribution in [0.2, 0.25) is 0 Å². The van der Waals surface area contributed by atoms with Gasteiger partial charge in [-0.15, -0.1) is 0 Å². The van der Waals surface area contributed by atoms with Crippen molar-refractivity contribution in [3.05, 3.63) is 77.6 Å². The van der Waals surface area contributed by atoms with Crippen LogP contribution in [0, 0.1) is 0 Å². The lowest BCUT2D eigenvalue weighted by atomic mass is 10.1. The molecule has 0 fully saturated rings. The Hall–Kier alpha value is -3.05. The van der Waals surface area contributed by atoms with Gasteiger partial charge in [-0.2, -0.15) is 0 Å². The number of ether oxygens (including phenoxy) is 1. The van der Waals surface area contributed by atoms with Crippen molar-refractivity contribution in [3.63, 3.8) is 0 Å². The average Bonchev–Trinajstić information content (AvgIpc) is 3.17. The summed E-state index contributed by atoms with van der Waals surface area (Å²) in [6.45, 7) is 4.17. The molecule has 0 aliphatic rings. The summed E-state index contributed by atoms with van der Waals surface area (Å²) in [6, 6.07) is 15.6. The molecular formula is C23H26N2O3. The van der Waals surface area contributed by atoms with E-state index < -0.39 is 5.97 Å². The minimum atomic E-state index is -0.954. The molecule has 0 aliphatic carbocycles. The lowest BCUT2D eigenvalue weighted by Crippen LogP contribution is -2.11. The molecule has 0 radical (unpaired) electrons. The SMILES string of the molecule is CCCOCC/C=C\c1ccccc1CNc1ccc2cccn2c1C(=O)O. The number of pyridine rings is 1. The fourth-order valence-electron chi connectivity index (χ4n) is 3.13. The molecule has 1 aromatic carbocycles. The number of nitrogens with zero attached hydrogens (tertiary/aromatic N) is 1. The quantitative estimate of drug-likeness (QED) is 0.483. The van der Waals surface area contributed by atoms with Crippen LogP contribution in [0.1, 0.15) is 41.4 Å². The molecule has 0 amide bonds. The van der Waals surface area contributed by atoms with Crippen LogP contribution in [0.15, 0.2) is 60.8 Å². The standard InChI is InChI=1S/C23H26N2O3/c1-2-15-28-16-6-5-9-18-8-3-4-10-19(18)17-24-21-13-12-20-11-7-14-25(20)22(21)23(26)27/h3-5,7-14,24H,2,6,15-17H2,1H3,(H,26,27)/b9-5-. The van der Waals surface area contributed by atoms with E-state index in [2.05, 4.69) is 36.5 Å². The number of carboxylic acid groups (broad SMARTS) is 1. The van der Waals surface area contributed by atoms with Gasteiger partial charge < -0.3 is 19.6 Å². The third kappa shape index (κ3) is 4.81. The number of nitrogens with one attached hydrogen (secondary N) is 1. The third-order valence-electron chi connectivity index (χ3n) is 4.50. The molecule has 5 heteroatoms. The van der Waals surface area contributed by atoms with Gasteiger partial charge in [-0.25, -0.2) is 4.79 Å². The highest BCUT2D eigenvalue weighted by molar-refractivity contribution is 5.93. The predicted octanol–water partition coefficient (Wildman–Crippen LogP) is 5.08. The maximum Gasteiger partial charge on any atom is 0.355 e. The molecule has 146 valence electrons. The van der Waals surface area contributed by atoms with Gasteiger partial charge in [0.2, 0.25) is 0 Å². The van der Waals surface area contributed by atoms with E-state index in [-0.39, 0.29) is 5.69 Å². The first kappa shape index (κ1) is 19.7. The van der Waals surface area contributed by atoms with E-state index in [1.165, 1.54) is 0 Å². The molecule has 28 heavy (non-hydrogen) atoms. The number of fused-ring (bicyclic) bond motifs is 1. The molecule has 0 spiro atoms. The van der Waals surface area contributed by atoms with Crippen LogP contribution in [0.4, 0.5) is 5.69 Å². The first-order valence-corrected chi connectivity index (χ1v) is 9.60. The van der Waals surface area contributed by atoms with E-state index in [1.807, 2.05) is 36.4 Å². The van der Waals surface area contributed by atoms with Crippen LogP contribution in [0.25, 0.3) is 11.6 Å². The number of carbonyl (C=O) groups is 1. The van der Waals surface area contributed by atoms with Crippen LogP contribution >= 0.6 is 0 Å². The Kier molecular flexibility index (Phi) is 6.87. The molecule has 3 rings (SSSR count). The van der Waals surface area contributed by atoms with Crippen molar-refractivity contribution in [2.24, 2.45) is 0 Å². The molecular weight excluding hydrogens is 352 g/mol. The maximum atomic E-state index is 11.8. The molecule has 0 saturated heterocycles. The predicted molar refractivity (Wildman–Crippen MR) is 113 cm³/mol. The van der Waals surface area contributed by atoms with Gasteiger partial charge in [-0.3, -0.25) is 0 Å². The van der Waals surface area contributed by atoms with Crippen molar-refractivity contribution in [2.75, 3.05) is 18.5 Å². The summed E-state index contributed by atoms with van der Waals surface area (Å²) in [4.78, 5) is 11.8. The van der Waals surface area contributed by atoms with E-state index in [1.54, 1.807) is 10.6 Å². The normalized spacial score (nSPS) is 11.3. The topological polar surface area (TPSA) is 63.0 Å². The number of anilines is 1. The van der Waals surface area contributed by atoms with Gasteiger partial charge in [-0.05, 0) is 48.2 Å². The zero-order valence-corrected chi connectivity index (χ0v) is 16.1. The second kappa shape index (κ2) is 9.76. The number of rotatable bonds is 10. The summed E-state index contributed by atoms with van der Waals surface area (Å²) in [5.41, 5.74) is 3.92. The lowest BCUT2D eigenvalue weighted by Gasteiger charge is -2.13. The molecule has 2 aromatic heterocycles. The van der Waals surface area contributed by atoms with Crippen LogP contribution < -0.4 is 5.32 Å². The Balaban J connectivity index is 1.72. The molecule has 5 nitrogen and oxygen atoms in total. The Morgan fingerprint density at radius 2 is 2.00 bits per heavy atom. The van der Waals surface area contributed by atoms with Crippen molar-refractivity contribution < 1.29 is 14.6 Å². The van der Waals surface area contributed by atoms with Crippen molar-refractivity contribution in [3.8, 4) is 0 Å². The van der Waals surface area contributed by atoms with Gasteiger partial charge in [0.25, 0.3) is 0 Å². The fraction of sp³-hybridized carbons (Fsp3) is 0.261. The highest BCUT2D eigenvalue weighted by atomic mass is 16.5. The minimum absolute atomic E-state index is 0.239. The highest BCUT2D eigenvalue weighted by Crippen LogP contribution is 2.21. The number of benzene rings is 1.